The second-order valence-corrected chi connectivity index (χ2v) is 5.83. The molecule has 0 amide bonds. The van der Waals surface area contributed by atoms with E-state index in [1.165, 1.54) is 5.56 Å². The zero-order valence-corrected chi connectivity index (χ0v) is 13.8. The molecule has 1 aromatic heterocycles. The fraction of sp³-hybridized carbons (Fsp3) is 0.250. The first-order valence-corrected chi connectivity index (χ1v) is 8.16. The van der Waals surface area contributed by atoms with Gasteiger partial charge in [-0.05, 0) is 61.7 Å². The van der Waals surface area contributed by atoms with Gasteiger partial charge >= 0.3 is 0 Å². The average Bonchev–Trinajstić information content (AvgIpc) is 3.00. The second-order valence-electron chi connectivity index (χ2n) is 5.83. The van der Waals surface area contributed by atoms with E-state index < -0.39 is 0 Å². The van der Waals surface area contributed by atoms with Gasteiger partial charge in [0.1, 0.15) is 5.75 Å². The molecule has 3 N–H and O–H groups in total. The highest BCUT2D eigenvalue weighted by molar-refractivity contribution is 5.91. The quantitative estimate of drug-likeness (QED) is 0.674. The molecule has 0 saturated carbocycles. The van der Waals surface area contributed by atoms with Gasteiger partial charge in [0, 0.05) is 22.2 Å². The Kier molecular flexibility index (Phi) is 4.83. The van der Waals surface area contributed by atoms with Crippen molar-refractivity contribution in [3.05, 3.63) is 53.6 Å². The number of nitrogens with two attached hydrogens (primary N) is 1. The van der Waals surface area contributed by atoms with E-state index in [4.69, 9.17) is 10.5 Å². The lowest BCUT2D eigenvalue weighted by Crippen LogP contribution is -1.99. The molecule has 122 valence electrons. The summed E-state index contributed by atoms with van der Waals surface area (Å²) in [7, 11) is 1.67. The zero-order valence-electron chi connectivity index (χ0n) is 13.8. The number of fused-ring (bicyclic) bond motifs is 1. The van der Waals surface area contributed by atoms with E-state index in [1.54, 1.807) is 7.11 Å². The number of hydrogen-bond acceptors (Lipinski definition) is 3. The summed E-state index contributed by atoms with van der Waals surface area (Å²) in [4.78, 5) is 3.51. The standard InChI is InChI=1S/C20H21N3O/c1-24-16-6-4-5-15(12-16)20-17(7-2-3-10-21)18-11-14(13-22)8-9-19(18)23-20/h4-6,8-9,11-12,23H,2-3,7,10,21H2,1H3. The summed E-state index contributed by atoms with van der Waals surface area (Å²) in [5.41, 5.74) is 10.8. The lowest BCUT2D eigenvalue weighted by atomic mass is 9.99. The van der Waals surface area contributed by atoms with E-state index >= 15 is 0 Å². The lowest BCUT2D eigenvalue weighted by molar-refractivity contribution is 0.415. The van der Waals surface area contributed by atoms with Crippen molar-refractivity contribution in [3.63, 3.8) is 0 Å². The number of aromatic nitrogens is 1. The van der Waals surface area contributed by atoms with Gasteiger partial charge in [-0.1, -0.05) is 12.1 Å². The van der Waals surface area contributed by atoms with Crippen LogP contribution in [-0.2, 0) is 6.42 Å². The molecule has 0 fully saturated rings. The van der Waals surface area contributed by atoms with Crippen LogP contribution in [0.5, 0.6) is 5.75 Å². The normalized spacial score (nSPS) is 10.7. The summed E-state index contributed by atoms with van der Waals surface area (Å²) in [6, 6.07) is 16.0. The molecule has 3 rings (SSSR count). The van der Waals surface area contributed by atoms with Crippen molar-refractivity contribution in [2.24, 2.45) is 5.73 Å². The Labute approximate surface area is 141 Å². The first-order valence-electron chi connectivity index (χ1n) is 8.16. The molecule has 0 atom stereocenters. The maximum absolute atomic E-state index is 9.20. The van der Waals surface area contributed by atoms with Gasteiger partial charge in [-0.3, -0.25) is 0 Å². The van der Waals surface area contributed by atoms with E-state index in [9.17, 15) is 5.26 Å². The number of hydrogen-bond donors (Lipinski definition) is 2. The predicted molar refractivity (Wildman–Crippen MR) is 97.0 cm³/mol. The van der Waals surface area contributed by atoms with Crippen LogP contribution < -0.4 is 10.5 Å². The number of ether oxygens (including phenoxy) is 1. The zero-order chi connectivity index (χ0) is 16.9. The van der Waals surface area contributed by atoms with Crippen LogP contribution >= 0.6 is 0 Å². The molecule has 0 unspecified atom stereocenters. The summed E-state index contributed by atoms with van der Waals surface area (Å²) in [6.45, 7) is 0.695. The maximum Gasteiger partial charge on any atom is 0.119 e. The molecule has 0 bridgehead atoms. The second kappa shape index (κ2) is 7.20. The third-order valence-corrected chi connectivity index (χ3v) is 4.27. The Morgan fingerprint density at radius 3 is 2.79 bits per heavy atom. The highest BCUT2D eigenvalue weighted by Gasteiger charge is 2.14. The third-order valence-electron chi connectivity index (χ3n) is 4.27. The van der Waals surface area contributed by atoms with E-state index in [2.05, 4.69) is 17.1 Å². The molecule has 24 heavy (non-hydrogen) atoms. The van der Waals surface area contributed by atoms with Crippen molar-refractivity contribution in [2.75, 3.05) is 13.7 Å². The van der Waals surface area contributed by atoms with Crippen LogP contribution in [0, 0.1) is 11.3 Å². The molecule has 1 heterocycles. The minimum Gasteiger partial charge on any atom is -0.497 e. The summed E-state index contributed by atoms with van der Waals surface area (Å²) < 4.78 is 5.35. The van der Waals surface area contributed by atoms with Gasteiger partial charge < -0.3 is 15.5 Å². The summed E-state index contributed by atoms with van der Waals surface area (Å²) in [6.07, 6.45) is 2.94. The highest BCUT2D eigenvalue weighted by atomic mass is 16.5. The van der Waals surface area contributed by atoms with Crippen LogP contribution in [0.25, 0.3) is 22.2 Å². The Bertz CT molecular complexity index is 890. The van der Waals surface area contributed by atoms with Gasteiger partial charge in [-0.15, -0.1) is 0 Å². The van der Waals surface area contributed by atoms with Crippen LogP contribution in [0.15, 0.2) is 42.5 Å². The first-order chi connectivity index (χ1) is 11.8. The van der Waals surface area contributed by atoms with Crippen LogP contribution in [0.3, 0.4) is 0 Å². The molecule has 0 aliphatic carbocycles. The van der Waals surface area contributed by atoms with Crippen molar-refractivity contribution in [1.29, 1.82) is 5.26 Å². The van der Waals surface area contributed by atoms with Crippen molar-refractivity contribution in [1.82, 2.24) is 4.98 Å². The molecule has 2 aromatic carbocycles. The number of unbranched alkanes of at least 4 members (excludes halogenated alkanes) is 1. The number of nitriles is 1. The summed E-state index contributed by atoms with van der Waals surface area (Å²) >= 11 is 0. The number of benzene rings is 2. The average molecular weight is 319 g/mol. The monoisotopic (exact) mass is 319 g/mol. The van der Waals surface area contributed by atoms with Crippen molar-refractivity contribution in [2.45, 2.75) is 19.3 Å². The van der Waals surface area contributed by atoms with E-state index in [1.807, 2.05) is 36.4 Å². The topological polar surface area (TPSA) is 74.8 Å². The van der Waals surface area contributed by atoms with E-state index in [0.29, 0.717) is 12.1 Å². The first kappa shape index (κ1) is 16.1. The van der Waals surface area contributed by atoms with Crippen LogP contribution in [0.1, 0.15) is 24.0 Å². The lowest BCUT2D eigenvalue weighted by Gasteiger charge is -2.07. The molecule has 4 nitrogen and oxygen atoms in total. The molecular formula is C20H21N3O. The van der Waals surface area contributed by atoms with Crippen LogP contribution in [0.2, 0.25) is 0 Å². The molecule has 0 saturated heterocycles. The SMILES string of the molecule is COc1cccc(-c2[nH]c3ccc(C#N)cc3c2CCCCN)c1. The fourth-order valence-corrected chi connectivity index (χ4v) is 3.05. The fourth-order valence-electron chi connectivity index (χ4n) is 3.05. The molecule has 0 aliphatic heterocycles. The Morgan fingerprint density at radius 1 is 1.17 bits per heavy atom. The number of rotatable bonds is 6. The number of aryl methyl sites for hydroxylation is 1. The number of methoxy groups -OCH3 is 1. The molecular weight excluding hydrogens is 298 g/mol. The number of aromatic amines is 1. The van der Waals surface area contributed by atoms with Crippen molar-refractivity contribution in [3.8, 4) is 23.1 Å². The minimum absolute atomic E-state index is 0.679. The minimum atomic E-state index is 0.679. The molecule has 0 aliphatic rings. The molecule has 0 radical (unpaired) electrons. The van der Waals surface area contributed by atoms with Gasteiger partial charge in [0.05, 0.1) is 18.7 Å². The van der Waals surface area contributed by atoms with Crippen LogP contribution in [-0.4, -0.2) is 18.6 Å². The number of H-pyrrole nitrogens is 1. The predicted octanol–water partition coefficient (Wildman–Crippen LogP) is 4.00. The highest BCUT2D eigenvalue weighted by Crippen LogP contribution is 2.33. The van der Waals surface area contributed by atoms with Gasteiger partial charge in [0.25, 0.3) is 0 Å². The van der Waals surface area contributed by atoms with Gasteiger partial charge in [0.2, 0.25) is 0 Å². The van der Waals surface area contributed by atoms with Crippen LogP contribution in [0.4, 0.5) is 0 Å². The Morgan fingerprint density at radius 2 is 2.04 bits per heavy atom. The third kappa shape index (κ3) is 3.12. The van der Waals surface area contributed by atoms with E-state index in [0.717, 1.165) is 47.2 Å². The number of nitrogens with zero attached hydrogens (tertiary/aromatic N) is 1. The van der Waals surface area contributed by atoms with Crippen molar-refractivity contribution >= 4 is 10.9 Å². The van der Waals surface area contributed by atoms with Crippen molar-refractivity contribution < 1.29 is 4.74 Å². The maximum atomic E-state index is 9.20. The molecule has 4 heteroatoms. The number of nitrogens with one attached hydrogen (secondary N) is 1. The van der Waals surface area contributed by atoms with Gasteiger partial charge in [0.15, 0.2) is 0 Å². The molecule has 3 aromatic rings. The largest absolute Gasteiger partial charge is 0.497 e. The Balaban J connectivity index is 2.14. The molecule has 0 spiro atoms. The summed E-state index contributed by atoms with van der Waals surface area (Å²) in [5.74, 6) is 0.830. The summed E-state index contributed by atoms with van der Waals surface area (Å²) in [5, 5.41) is 10.3. The van der Waals surface area contributed by atoms with Gasteiger partial charge in [-0.2, -0.15) is 5.26 Å². The Hall–Kier alpha value is -2.77. The van der Waals surface area contributed by atoms with Gasteiger partial charge in [-0.25, -0.2) is 0 Å². The smallest absolute Gasteiger partial charge is 0.119 e. The van der Waals surface area contributed by atoms with E-state index in [-0.39, 0.29) is 0 Å².